The van der Waals surface area contributed by atoms with Gasteiger partial charge in [0.15, 0.2) is 0 Å². The standard InChI is InChI=1S/C26H30N4O3/c1-33-22-10-9-19-13-23(27-14-20(19)12-22)24(31)16-29-26(32)18-7-5-17(6-8-18)25-28-15-21-4-2-3-11-30(21)25/h5-10,12,15,23-24,27,31H,2-4,11,13-14,16H2,1H3,(H,29,32)/t23-,24+/m0/s1. The Labute approximate surface area is 193 Å². The van der Waals surface area contributed by atoms with Gasteiger partial charge in [0.1, 0.15) is 11.6 Å². The lowest BCUT2D eigenvalue weighted by Gasteiger charge is -2.30. The molecule has 5 rings (SSSR count). The van der Waals surface area contributed by atoms with Crippen molar-refractivity contribution in [3.8, 4) is 17.1 Å². The quantitative estimate of drug-likeness (QED) is 0.542. The van der Waals surface area contributed by atoms with E-state index in [1.807, 2.05) is 48.7 Å². The van der Waals surface area contributed by atoms with Gasteiger partial charge in [-0.05, 0) is 61.1 Å². The van der Waals surface area contributed by atoms with E-state index >= 15 is 0 Å². The van der Waals surface area contributed by atoms with Gasteiger partial charge in [0.25, 0.3) is 5.91 Å². The van der Waals surface area contributed by atoms with Crippen LogP contribution in [0.15, 0.2) is 48.7 Å². The summed E-state index contributed by atoms with van der Waals surface area (Å²) in [5.74, 6) is 1.61. The molecule has 1 aromatic heterocycles. The summed E-state index contributed by atoms with van der Waals surface area (Å²) in [6.07, 6.45) is 5.46. The molecule has 0 saturated heterocycles. The Hall–Kier alpha value is -3.16. The maximum atomic E-state index is 12.7. The monoisotopic (exact) mass is 446 g/mol. The highest BCUT2D eigenvalue weighted by atomic mass is 16.5. The van der Waals surface area contributed by atoms with Gasteiger partial charge in [-0.25, -0.2) is 4.98 Å². The van der Waals surface area contributed by atoms with Gasteiger partial charge in [-0.15, -0.1) is 0 Å². The average molecular weight is 447 g/mol. The Balaban J connectivity index is 1.17. The minimum atomic E-state index is -0.681. The number of methoxy groups -OCH3 is 1. The molecule has 2 aliphatic rings. The zero-order valence-electron chi connectivity index (χ0n) is 18.9. The maximum Gasteiger partial charge on any atom is 0.251 e. The first-order valence-corrected chi connectivity index (χ1v) is 11.6. The van der Waals surface area contributed by atoms with Crippen LogP contribution in [-0.2, 0) is 25.9 Å². The van der Waals surface area contributed by atoms with E-state index in [0.29, 0.717) is 18.5 Å². The number of amides is 1. The van der Waals surface area contributed by atoms with Crippen molar-refractivity contribution in [2.24, 2.45) is 0 Å². The van der Waals surface area contributed by atoms with Crippen molar-refractivity contribution in [2.45, 2.75) is 50.9 Å². The molecule has 0 spiro atoms. The van der Waals surface area contributed by atoms with Crippen molar-refractivity contribution in [3.63, 3.8) is 0 Å². The molecule has 3 heterocycles. The van der Waals surface area contributed by atoms with Crippen LogP contribution in [0, 0.1) is 0 Å². The van der Waals surface area contributed by atoms with E-state index in [-0.39, 0.29) is 18.5 Å². The molecule has 7 heteroatoms. The van der Waals surface area contributed by atoms with Crippen LogP contribution in [0.4, 0.5) is 0 Å². The zero-order valence-corrected chi connectivity index (χ0v) is 18.9. The molecule has 7 nitrogen and oxygen atoms in total. The molecule has 0 aliphatic carbocycles. The van der Waals surface area contributed by atoms with Crippen molar-refractivity contribution in [2.75, 3.05) is 13.7 Å². The number of nitrogens with one attached hydrogen (secondary N) is 2. The van der Waals surface area contributed by atoms with Gasteiger partial charge in [-0.2, -0.15) is 0 Å². The highest BCUT2D eigenvalue weighted by Crippen LogP contribution is 2.25. The number of hydrogen-bond acceptors (Lipinski definition) is 5. The van der Waals surface area contributed by atoms with Crippen LogP contribution in [0.25, 0.3) is 11.4 Å². The summed E-state index contributed by atoms with van der Waals surface area (Å²) in [6.45, 7) is 1.86. The number of rotatable bonds is 6. The molecular weight excluding hydrogens is 416 g/mol. The smallest absolute Gasteiger partial charge is 0.251 e. The molecule has 33 heavy (non-hydrogen) atoms. The lowest BCUT2D eigenvalue weighted by Crippen LogP contribution is -2.49. The number of aromatic nitrogens is 2. The fourth-order valence-electron chi connectivity index (χ4n) is 4.79. The van der Waals surface area contributed by atoms with E-state index in [9.17, 15) is 9.90 Å². The van der Waals surface area contributed by atoms with E-state index in [0.717, 1.165) is 30.1 Å². The molecule has 3 aromatic rings. The topological polar surface area (TPSA) is 88.4 Å². The number of benzene rings is 2. The zero-order chi connectivity index (χ0) is 22.8. The van der Waals surface area contributed by atoms with Gasteiger partial charge in [-0.1, -0.05) is 18.2 Å². The van der Waals surface area contributed by atoms with Crippen LogP contribution >= 0.6 is 0 Å². The molecular formula is C26H30N4O3. The Morgan fingerprint density at radius 1 is 1.24 bits per heavy atom. The minimum absolute atomic E-state index is 0.111. The number of aryl methyl sites for hydroxylation is 1. The van der Waals surface area contributed by atoms with Gasteiger partial charge in [0.05, 0.1) is 13.2 Å². The molecule has 0 saturated carbocycles. The number of nitrogens with zero attached hydrogens (tertiary/aromatic N) is 2. The largest absolute Gasteiger partial charge is 0.497 e. The van der Waals surface area contributed by atoms with Crippen LogP contribution in [-0.4, -0.2) is 46.4 Å². The number of fused-ring (bicyclic) bond motifs is 2. The summed E-state index contributed by atoms with van der Waals surface area (Å²) in [7, 11) is 1.66. The predicted molar refractivity (Wildman–Crippen MR) is 126 cm³/mol. The third kappa shape index (κ3) is 4.51. The fourth-order valence-corrected chi connectivity index (χ4v) is 4.79. The van der Waals surface area contributed by atoms with Gasteiger partial charge in [0.2, 0.25) is 0 Å². The fraction of sp³-hybridized carbons (Fsp3) is 0.385. The summed E-state index contributed by atoms with van der Waals surface area (Å²) < 4.78 is 7.56. The van der Waals surface area contributed by atoms with Gasteiger partial charge < -0.3 is 25.0 Å². The number of aliphatic hydroxyl groups excluding tert-OH is 1. The second-order valence-electron chi connectivity index (χ2n) is 8.86. The number of carbonyl (C=O) groups is 1. The maximum absolute atomic E-state index is 12.7. The van der Waals surface area contributed by atoms with Crippen LogP contribution in [0.2, 0.25) is 0 Å². The molecule has 0 fully saturated rings. The second-order valence-corrected chi connectivity index (χ2v) is 8.86. The van der Waals surface area contributed by atoms with Crippen LogP contribution < -0.4 is 15.4 Å². The van der Waals surface area contributed by atoms with E-state index in [2.05, 4.69) is 20.2 Å². The van der Waals surface area contributed by atoms with Gasteiger partial charge in [-0.3, -0.25) is 4.79 Å². The summed E-state index contributed by atoms with van der Waals surface area (Å²) in [5, 5.41) is 16.9. The SMILES string of the molecule is COc1ccc2c(c1)CN[C@H]([C@H](O)CNC(=O)c1ccc(-c3ncc4n3CCCC4)cc1)C2. The van der Waals surface area contributed by atoms with Crippen molar-refractivity contribution in [3.05, 3.63) is 71.0 Å². The highest BCUT2D eigenvalue weighted by molar-refractivity contribution is 5.94. The first kappa shape index (κ1) is 21.7. The van der Waals surface area contributed by atoms with E-state index in [1.54, 1.807) is 7.11 Å². The van der Waals surface area contributed by atoms with Crippen molar-refractivity contribution < 1.29 is 14.6 Å². The predicted octanol–water partition coefficient (Wildman–Crippen LogP) is 2.70. The average Bonchev–Trinajstić information content (AvgIpc) is 3.30. The summed E-state index contributed by atoms with van der Waals surface area (Å²) in [4.78, 5) is 17.2. The third-order valence-corrected chi connectivity index (χ3v) is 6.75. The van der Waals surface area contributed by atoms with Crippen LogP contribution in [0.1, 0.15) is 40.0 Å². The van der Waals surface area contributed by atoms with Crippen molar-refractivity contribution in [1.29, 1.82) is 0 Å². The Kier molecular flexibility index (Phi) is 6.15. The van der Waals surface area contributed by atoms with Gasteiger partial charge in [0, 0.05) is 48.7 Å². The minimum Gasteiger partial charge on any atom is -0.497 e. The number of aliphatic hydroxyl groups is 1. The van der Waals surface area contributed by atoms with E-state index in [1.165, 1.54) is 29.7 Å². The van der Waals surface area contributed by atoms with Crippen molar-refractivity contribution >= 4 is 5.91 Å². The van der Waals surface area contributed by atoms with Crippen LogP contribution in [0.5, 0.6) is 5.75 Å². The van der Waals surface area contributed by atoms with E-state index in [4.69, 9.17) is 4.74 Å². The Morgan fingerprint density at radius 3 is 2.91 bits per heavy atom. The highest BCUT2D eigenvalue weighted by Gasteiger charge is 2.25. The van der Waals surface area contributed by atoms with E-state index < -0.39 is 6.10 Å². The summed E-state index contributed by atoms with van der Waals surface area (Å²) in [5.41, 5.74) is 5.25. The third-order valence-electron chi connectivity index (χ3n) is 6.75. The number of hydrogen-bond donors (Lipinski definition) is 3. The molecule has 2 aromatic carbocycles. The molecule has 0 bridgehead atoms. The number of imidazole rings is 1. The summed E-state index contributed by atoms with van der Waals surface area (Å²) >= 11 is 0. The molecule has 2 aliphatic heterocycles. The molecule has 0 radical (unpaired) electrons. The number of ether oxygens (including phenoxy) is 1. The van der Waals surface area contributed by atoms with Gasteiger partial charge >= 0.3 is 0 Å². The lowest BCUT2D eigenvalue weighted by molar-refractivity contribution is 0.0870. The Bertz CT molecular complexity index is 1140. The molecule has 1 amide bonds. The number of carbonyl (C=O) groups excluding carboxylic acids is 1. The second kappa shape index (κ2) is 9.37. The molecule has 3 N–H and O–H groups in total. The first-order chi connectivity index (χ1) is 16.1. The molecule has 2 atom stereocenters. The first-order valence-electron chi connectivity index (χ1n) is 11.6. The molecule has 0 unspecified atom stereocenters. The Morgan fingerprint density at radius 2 is 2.09 bits per heavy atom. The lowest BCUT2D eigenvalue weighted by atomic mass is 9.92. The summed E-state index contributed by atoms with van der Waals surface area (Å²) in [6, 6.07) is 13.4. The molecule has 172 valence electrons. The normalized spacial score (nSPS) is 18.2. The van der Waals surface area contributed by atoms with Crippen LogP contribution in [0.3, 0.4) is 0 Å². The van der Waals surface area contributed by atoms with Crippen molar-refractivity contribution in [1.82, 2.24) is 20.2 Å².